The summed E-state index contributed by atoms with van der Waals surface area (Å²) in [4.78, 5) is 28.4. The number of nitrogens with zero attached hydrogens (tertiary/aromatic N) is 1. The van der Waals surface area contributed by atoms with Crippen LogP contribution in [0.1, 0.15) is 44.4 Å². The Hall–Kier alpha value is -3.12. The number of hydrogen-bond acceptors (Lipinski definition) is 3. The fourth-order valence-corrected chi connectivity index (χ4v) is 4.40. The Morgan fingerprint density at radius 1 is 0.944 bits per heavy atom. The van der Waals surface area contributed by atoms with E-state index in [9.17, 15) is 9.59 Å². The highest BCUT2D eigenvalue weighted by Crippen LogP contribution is 2.24. The summed E-state index contributed by atoms with van der Waals surface area (Å²) in [5.74, 6) is 0.192. The smallest absolute Gasteiger partial charge is 0.261 e. The van der Waals surface area contributed by atoms with E-state index in [-0.39, 0.29) is 23.8 Å². The molecule has 0 spiro atoms. The predicted molar refractivity (Wildman–Crippen MR) is 148 cm³/mol. The molecule has 0 aromatic heterocycles. The Bertz CT molecular complexity index is 1140. The van der Waals surface area contributed by atoms with Crippen LogP contribution in [-0.4, -0.2) is 35.9 Å². The Balaban J connectivity index is 1.86. The van der Waals surface area contributed by atoms with E-state index in [0.717, 1.165) is 15.6 Å². The molecule has 0 aliphatic heterocycles. The lowest BCUT2D eigenvalue weighted by Crippen LogP contribution is -2.51. The van der Waals surface area contributed by atoms with E-state index in [4.69, 9.17) is 4.74 Å². The third-order valence-corrected chi connectivity index (χ3v) is 6.44. The van der Waals surface area contributed by atoms with Crippen molar-refractivity contribution in [1.82, 2.24) is 10.2 Å². The van der Waals surface area contributed by atoms with Gasteiger partial charge in [-0.25, -0.2) is 0 Å². The molecule has 0 saturated carbocycles. The molecule has 190 valence electrons. The molecule has 0 aliphatic carbocycles. The summed E-state index contributed by atoms with van der Waals surface area (Å²) >= 11 is 3.51. The second-order valence-corrected chi connectivity index (χ2v) is 10.7. The van der Waals surface area contributed by atoms with E-state index in [1.165, 1.54) is 5.56 Å². The molecule has 1 atom stereocenters. The minimum atomic E-state index is -0.675. The van der Waals surface area contributed by atoms with Crippen LogP contribution in [0.15, 0.2) is 83.3 Å². The predicted octanol–water partition coefficient (Wildman–Crippen LogP) is 5.90. The van der Waals surface area contributed by atoms with Gasteiger partial charge in [-0.15, -0.1) is 0 Å². The fourth-order valence-electron chi connectivity index (χ4n) is 3.96. The third-order valence-electron chi connectivity index (χ3n) is 5.95. The van der Waals surface area contributed by atoms with Crippen LogP contribution in [0.4, 0.5) is 0 Å². The number of hydrogen-bond donors (Lipinski definition) is 1. The van der Waals surface area contributed by atoms with Crippen LogP contribution in [0.2, 0.25) is 0 Å². The van der Waals surface area contributed by atoms with Crippen LogP contribution < -0.4 is 10.1 Å². The van der Waals surface area contributed by atoms with Crippen LogP contribution in [0.25, 0.3) is 0 Å². The van der Waals surface area contributed by atoms with Gasteiger partial charge in [0.1, 0.15) is 11.8 Å². The zero-order valence-electron chi connectivity index (χ0n) is 21.5. The normalized spacial score (nSPS) is 12.0. The SMILES string of the molecule is CCNC(=O)C(Cc1ccccc1)N(Cc1cccc(Br)c1)C(=O)COc1ccc(C(C)(C)C)cc1. The monoisotopic (exact) mass is 550 g/mol. The average molecular weight is 552 g/mol. The molecule has 2 amide bonds. The zero-order valence-corrected chi connectivity index (χ0v) is 23.0. The van der Waals surface area contributed by atoms with Gasteiger partial charge in [-0.1, -0.05) is 91.3 Å². The van der Waals surface area contributed by atoms with E-state index in [1.54, 1.807) is 4.90 Å². The van der Waals surface area contributed by atoms with Crippen molar-refractivity contribution < 1.29 is 14.3 Å². The molecule has 3 aromatic rings. The molecule has 0 saturated heterocycles. The molecule has 0 heterocycles. The summed E-state index contributed by atoms with van der Waals surface area (Å²) in [5.41, 5.74) is 3.14. The van der Waals surface area contributed by atoms with Crippen molar-refractivity contribution >= 4 is 27.7 Å². The Morgan fingerprint density at radius 3 is 2.22 bits per heavy atom. The maximum Gasteiger partial charge on any atom is 0.261 e. The van der Waals surface area contributed by atoms with Gasteiger partial charge < -0.3 is 15.0 Å². The summed E-state index contributed by atoms with van der Waals surface area (Å²) < 4.78 is 6.80. The van der Waals surface area contributed by atoms with Crippen LogP contribution in [-0.2, 0) is 28.0 Å². The second-order valence-electron chi connectivity index (χ2n) is 9.81. The van der Waals surface area contributed by atoms with Crippen molar-refractivity contribution in [2.75, 3.05) is 13.2 Å². The Labute approximate surface area is 223 Å². The van der Waals surface area contributed by atoms with Gasteiger partial charge in [0.2, 0.25) is 5.91 Å². The summed E-state index contributed by atoms with van der Waals surface area (Å²) in [6, 6.07) is 24.7. The largest absolute Gasteiger partial charge is 0.484 e. The Kier molecular flexibility index (Phi) is 9.71. The number of rotatable bonds is 10. The molecule has 0 fully saturated rings. The van der Waals surface area contributed by atoms with Crippen molar-refractivity contribution in [2.45, 2.75) is 52.1 Å². The first-order chi connectivity index (χ1) is 17.2. The number of halogens is 1. The maximum absolute atomic E-state index is 13.6. The number of likely N-dealkylation sites (N-methyl/N-ethyl adjacent to an activating group) is 1. The van der Waals surface area contributed by atoms with Gasteiger partial charge in [0, 0.05) is 24.0 Å². The molecule has 6 heteroatoms. The van der Waals surface area contributed by atoms with E-state index in [0.29, 0.717) is 25.3 Å². The number of benzene rings is 3. The number of amides is 2. The molecule has 36 heavy (non-hydrogen) atoms. The van der Waals surface area contributed by atoms with Gasteiger partial charge in [0.25, 0.3) is 5.91 Å². The molecule has 1 unspecified atom stereocenters. The summed E-state index contributed by atoms with van der Waals surface area (Å²) in [7, 11) is 0. The lowest BCUT2D eigenvalue weighted by Gasteiger charge is -2.31. The first-order valence-corrected chi connectivity index (χ1v) is 13.1. The van der Waals surface area contributed by atoms with Gasteiger partial charge >= 0.3 is 0 Å². The highest BCUT2D eigenvalue weighted by atomic mass is 79.9. The van der Waals surface area contributed by atoms with Gasteiger partial charge in [-0.05, 0) is 53.3 Å². The lowest BCUT2D eigenvalue weighted by molar-refractivity contribution is -0.142. The highest BCUT2D eigenvalue weighted by Gasteiger charge is 2.30. The molecule has 1 N–H and O–H groups in total. The quantitative estimate of drug-likeness (QED) is 0.341. The van der Waals surface area contributed by atoms with Gasteiger partial charge in [-0.2, -0.15) is 0 Å². The fraction of sp³-hybridized carbons (Fsp3) is 0.333. The van der Waals surface area contributed by atoms with E-state index in [1.807, 2.05) is 85.8 Å². The standard InChI is InChI=1S/C30H35BrN2O3/c1-5-32-29(35)27(19-22-10-7-6-8-11-22)33(20-23-12-9-13-25(31)18-23)28(34)21-36-26-16-14-24(15-17-26)30(2,3)4/h6-18,27H,5,19-21H2,1-4H3,(H,32,35). The molecule has 0 radical (unpaired) electrons. The van der Waals surface area contributed by atoms with Crippen molar-refractivity contribution in [3.8, 4) is 5.75 Å². The van der Waals surface area contributed by atoms with E-state index >= 15 is 0 Å². The summed E-state index contributed by atoms with van der Waals surface area (Å²) in [6.45, 7) is 8.95. The number of ether oxygens (including phenoxy) is 1. The second kappa shape index (κ2) is 12.7. The molecule has 0 bridgehead atoms. The highest BCUT2D eigenvalue weighted by molar-refractivity contribution is 9.10. The minimum absolute atomic E-state index is 0.0341. The van der Waals surface area contributed by atoms with Crippen LogP contribution in [0.3, 0.4) is 0 Å². The van der Waals surface area contributed by atoms with Crippen LogP contribution in [0.5, 0.6) is 5.75 Å². The first-order valence-electron chi connectivity index (χ1n) is 12.3. The molecule has 3 aromatic carbocycles. The van der Waals surface area contributed by atoms with Crippen molar-refractivity contribution in [3.63, 3.8) is 0 Å². The van der Waals surface area contributed by atoms with Gasteiger partial charge in [-0.3, -0.25) is 9.59 Å². The number of carbonyl (C=O) groups excluding carboxylic acids is 2. The van der Waals surface area contributed by atoms with Crippen LogP contribution in [0, 0.1) is 0 Å². The lowest BCUT2D eigenvalue weighted by atomic mass is 9.87. The van der Waals surface area contributed by atoms with Crippen molar-refractivity contribution in [3.05, 3.63) is 100 Å². The third kappa shape index (κ3) is 7.95. The van der Waals surface area contributed by atoms with Gasteiger partial charge in [0.15, 0.2) is 6.61 Å². The molecule has 0 aliphatic rings. The molecular formula is C30H35BrN2O3. The van der Waals surface area contributed by atoms with Crippen molar-refractivity contribution in [2.24, 2.45) is 0 Å². The summed E-state index contributed by atoms with van der Waals surface area (Å²) in [6.07, 6.45) is 0.409. The average Bonchev–Trinajstić information content (AvgIpc) is 2.85. The van der Waals surface area contributed by atoms with Crippen molar-refractivity contribution in [1.29, 1.82) is 0 Å². The first kappa shape index (κ1) is 27.5. The molecule has 5 nitrogen and oxygen atoms in total. The maximum atomic E-state index is 13.6. The summed E-state index contributed by atoms with van der Waals surface area (Å²) in [5, 5.41) is 2.91. The molecular weight excluding hydrogens is 516 g/mol. The van der Waals surface area contributed by atoms with E-state index < -0.39 is 6.04 Å². The topological polar surface area (TPSA) is 58.6 Å². The Morgan fingerprint density at radius 2 is 1.61 bits per heavy atom. The number of nitrogens with one attached hydrogen (secondary N) is 1. The van der Waals surface area contributed by atoms with Gasteiger partial charge in [0.05, 0.1) is 0 Å². The molecule has 3 rings (SSSR count). The van der Waals surface area contributed by atoms with E-state index in [2.05, 4.69) is 42.0 Å². The minimum Gasteiger partial charge on any atom is -0.484 e. The number of carbonyl (C=O) groups is 2. The zero-order chi connectivity index (χ0) is 26.1. The van der Waals surface area contributed by atoms with Crippen LogP contribution >= 0.6 is 15.9 Å².